The lowest BCUT2D eigenvalue weighted by atomic mass is 9.86. The second-order valence-electron chi connectivity index (χ2n) is 6.40. The molecule has 108 valence electrons. The van der Waals surface area contributed by atoms with Crippen LogP contribution < -0.4 is 10.1 Å². The lowest BCUT2D eigenvalue weighted by molar-refractivity contribution is 0.206. The normalized spacial score (nSPS) is 13.4. The van der Waals surface area contributed by atoms with E-state index in [1.54, 1.807) is 0 Å². The monoisotopic (exact) mass is 263 g/mol. The third-order valence-corrected chi connectivity index (χ3v) is 3.41. The Bertz CT molecular complexity index is 393. The second-order valence-corrected chi connectivity index (χ2v) is 6.40. The second kappa shape index (κ2) is 6.95. The standard InChI is InChI=1S/C17H29NO/c1-13-12-15(17(3,4)5)9-10-16(13)19-14(2)8-7-11-18-6/h9-10,12,14,18H,7-8,11H2,1-6H3. The molecule has 1 rings (SSSR count). The molecule has 0 spiro atoms. The van der Waals surface area contributed by atoms with Crippen molar-refractivity contribution < 1.29 is 4.74 Å². The molecule has 0 bridgehead atoms. The minimum atomic E-state index is 0.196. The predicted molar refractivity (Wildman–Crippen MR) is 83.1 cm³/mol. The maximum atomic E-state index is 6.03. The van der Waals surface area contributed by atoms with Gasteiger partial charge in [0.1, 0.15) is 5.75 Å². The van der Waals surface area contributed by atoms with Crippen LogP contribution in [0.2, 0.25) is 0 Å². The van der Waals surface area contributed by atoms with Gasteiger partial charge in [0.05, 0.1) is 6.10 Å². The molecule has 0 heterocycles. The number of hydrogen-bond donors (Lipinski definition) is 1. The molecule has 0 saturated heterocycles. The predicted octanol–water partition coefficient (Wildman–Crippen LogP) is 4.06. The zero-order valence-corrected chi connectivity index (χ0v) is 13.3. The molecule has 2 nitrogen and oxygen atoms in total. The summed E-state index contributed by atoms with van der Waals surface area (Å²) in [4.78, 5) is 0. The van der Waals surface area contributed by atoms with Gasteiger partial charge in [0.15, 0.2) is 0 Å². The summed E-state index contributed by atoms with van der Waals surface area (Å²) in [5.74, 6) is 1.02. The minimum absolute atomic E-state index is 0.196. The molecule has 0 aromatic heterocycles. The maximum absolute atomic E-state index is 6.03. The van der Waals surface area contributed by atoms with Crippen LogP contribution in [0.5, 0.6) is 5.75 Å². The van der Waals surface area contributed by atoms with E-state index in [-0.39, 0.29) is 11.5 Å². The summed E-state index contributed by atoms with van der Waals surface area (Å²) >= 11 is 0. The average molecular weight is 263 g/mol. The summed E-state index contributed by atoms with van der Waals surface area (Å²) in [6.07, 6.45) is 2.51. The van der Waals surface area contributed by atoms with Gasteiger partial charge >= 0.3 is 0 Å². The molecule has 1 aromatic rings. The van der Waals surface area contributed by atoms with Crippen LogP contribution in [-0.4, -0.2) is 19.7 Å². The van der Waals surface area contributed by atoms with Gasteiger partial charge in [0.2, 0.25) is 0 Å². The molecule has 0 fully saturated rings. The quantitative estimate of drug-likeness (QED) is 0.782. The first kappa shape index (κ1) is 16.0. The molecule has 1 N–H and O–H groups in total. The van der Waals surface area contributed by atoms with Crippen molar-refractivity contribution in [3.63, 3.8) is 0 Å². The Morgan fingerprint density at radius 1 is 1.26 bits per heavy atom. The van der Waals surface area contributed by atoms with Gasteiger partial charge < -0.3 is 10.1 Å². The first-order chi connectivity index (χ1) is 8.84. The van der Waals surface area contributed by atoms with E-state index in [0.717, 1.165) is 25.1 Å². The van der Waals surface area contributed by atoms with Crippen LogP contribution in [0.1, 0.15) is 51.7 Å². The van der Waals surface area contributed by atoms with Gasteiger partial charge in [0, 0.05) is 0 Å². The Hall–Kier alpha value is -1.02. The average Bonchev–Trinajstić information content (AvgIpc) is 2.31. The molecule has 0 radical (unpaired) electrons. The molecule has 0 saturated carbocycles. The SMILES string of the molecule is CNCCCC(C)Oc1ccc(C(C)(C)C)cc1C. The van der Waals surface area contributed by atoms with Crippen molar-refractivity contribution >= 4 is 0 Å². The summed E-state index contributed by atoms with van der Waals surface area (Å²) in [6, 6.07) is 6.54. The third kappa shape index (κ3) is 5.23. The fraction of sp³-hybridized carbons (Fsp3) is 0.647. The van der Waals surface area contributed by atoms with Crippen molar-refractivity contribution in [2.75, 3.05) is 13.6 Å². The fourth-order valence-electron chi connectivity index (χ4n) is 2.09. The highest BCUT2D eigenvalue weighted by Crippen LogP contribution is 2.28. The van der Waals surface area contributed by atoms with Gasteiger partial charge in [-0.15, -0.1) is 0 Å². The summed E-state index contributed by atoms with van der Waals surface area (Å²) in [5, 5.41) is 3.17. The highest BCUT2D eigenvalue weighted by Gasteiger charge is 2.15. The molecule has 2 heteroatoms. The topological polar surface area (TPSA) is 21.3 Å². The Morgan fingerprint density at radius 3 is 2.47 bits per heavy atom. The van der Waals surface area contributed by atoms with Gasteiger partial charge in [-0.3, -0.25) is 0 Å². The smallest absolute Gasteiger partial charge is 0.122 e. The molecular weight excluding hydrogens is 234 g/mol. The van der Waals surface area contributed by atoms with Crippen molar-refractivity contribution in [3.05, 3.63) is 29.3 Å². The lowest BCUT2D eigenvalue weighted by Crippen LogP contribution is -2.16. The van der Waals surface area contributed by atoms with Gasteiger partial charge in [-0.25, -0.2) is 0 Å². The van der Waals surface area contributed by atoms with Gasteiger partial charge in [0.25, 0.3) is 0 Å². The molecule has 0 aliphatic carbocycles. The minimum Gasteiger partial charge on any atom is -0.490 e. The Kier molecular flexibility index (Phi) is 5.86. The van der Waals surface area contributed by atoms with Crippen molar-refractivity contribution in [3.8, 4) is 5.75 Å². The molecular formula is C17H29NO. The Morgan fingerprint density at radius 2 is 1.95 bits per heavy atom. The van der Waals surface area contributed by atoms with Crippen LogP contribution in [0.3, 0.4) is 0 Å². The van der Waals surface area contributed by atoms with Crippen LogP contribution in [-0.2, 0) is 5.41 Å². The van der Waals surface area contributed by atoms with Crippen molar-refractivity contribution in [1.29, 1.82) is 0 Å². The zero-order chi connectivity index (χ0) is 14.5. The van der Waals surface area contributed by atoms with E-state index in [4.69, 9.17) is 4.74 Å². The zero-order valence-electron chi connectivity index (χ0n) is 13.3. The van der Waals surface area contributed by atoms with E-state index in [1.807, 2.05) is 7.05 Å². The molecule has 0 amide bonds. The molecule has 1 unspecified atom stereocenters. The van der Waals surface area contributed by atoms with Crippen LogP contribution in [0.25, 0.3) is 0 Å². The Balaban J connectivity index is 2.65. The Labute approximate surface area is 118 Å². The number of rotatable bonds is 6. The maximum Gasteiger partial charge on any atom is 0.122 e. The number of hydrogen-bond acceptors (Lipinski definition) is 2. The van der Waals surface area contributed by atoms with E-state index >= 15 is 0 Å². The largest absolute Gasteiger partial charge is 0.490 e. The van der Waals surface area contributed by atoms with Crippen molar-refractivity contribution in [1.82, 2.24) is 5.32 Å². The lowest BCUT2D eigenvalue weighted by Gasteiger charge is -2.22. The number of ether oxygens (including phenoxy) is 1. The van der Waals surface area contributed by atoms with E-state index in [0.29, 0.717) is 0 Å². The van der Waals surface area contributed by atoms with Crippen molar-refractivity contribution in [2.45, 2.75) is 59.0 Å². The molecule has 0 aliphatic heterocycles. The molecule has 1 atom stereocenters. The molecule has 0 aliphatic rings. The molecule has 19 heavy (non-hydrogen) atoms. The first-order valence-electron chi connectivity index (χ1n) is 7.27. The van der Waals surface area contributed by atoms with E-state index in [1.165, 1.54) is 11.1 Å². The number of benzene rings is 1. The van der Waals surface area contributed by atoms with E-state index in [2.05, 4.69) is 58.1 Å². The molecule has 1 aromatic carbocycles. The first-order valence-corrected chi connectivity index (χ1v) is 7.27. The third-order valence-electron chi connectivity index (χ3n) is 3.41. The summed E-state index contributed by atoms with van der Waals surface area (Å²) in [7, 11) is 1.99. The van der Waals surface area contributed by atoms with Gasteiger partial charge in [-0.1, -0.05) is 32.9 Å². The van der Waals surface area contributed by atoms with Gasteiger partial charge in [-0.2, -0.15) is 0 Å². The number of aryl methyl sites for hydroxylation is 1. The number of nitrogens with one attached hydrogen (secondary N) is 1. The van der Waals surface area contributed by atoms with Crippen molar-refractivity contribution in [2.24, 2.45) is 0 Å². The van der Waals surface area contributed by atoms with Crippen LogP contribution in [0, 0.1) is 6.92 Å². The fourth-order valence-corrected chi connectivity index (χ4v) is 2.09. The summed E-state index contributed by atoms with van der Waals surface area (Å²) in [6.45, 7) is 12.0. The van der Waals surface area contributed by atoms with Crippen LogP contribution in [0.15, 0.2) is 18.2 Å². The summed E-state index contributed by atoms with van der Waals surface area (Å²) in [5.41, 5.74) is 2.79. The van der Waals surface area contributed by atoms with E-state index < -0.39 is 0 Å². The summed E-state index contributed by atoms with van der Waals surface area (Å²) < 4.78 is 6.03. The van der Waals surface area contributed by atoms with Crippen LogP contribution >= 0.6 is 0 Å². The van der Waals surface area contributed by atoms with Crippen LogP contribution in [0.4, 0.5) is 0 Å². The highest BCUT2D eigenvalue weighted by molar-refractivity contribution is 5.38. The van der Waals surface area contributed by atoms with E-state index in [9.17, 15) is 0 Å². The highest BCUT2D eigenvalue weighted by atomic mass is 16.5. The van der Waals surface area contributed by atoms with Gasteiger partial charge in [-0.05, 0) is 62.9 Å².